The number of β-amino-alcohol motifs (C(OH)–C–C–N with tert-alkyl or cyclic N) is 1. The Morgan fingerprint density at radius 1 is 1.22 bits per heavy atom. The number of carbonyl (C=O) groups is 1. The quantitative estimate of drug-likeness (QED) is 0.795. The lowest BCUT2D eigenvalue weighted by Crippen LogP contribution is -2.49. The molecule has 0 aromatic rings. The number of rotatable bonds is 5. The van der Waals surface area contributed by atoms with Crippen LogP contribution in [0.1, 0.15) is 0 Å². The topological polar surface area (TPSA) is 43.8 Å². The predicted octanol–water partition coefficient (Wildman–Crippen LogP) is 0.418. The molecule has 0 aromatic carbocycles. The van der Waals surface area contributed by atoms with Crippen LogP contribution in [-0.4, -0.2) is 77.8 Å². The molecule has 0 bridgehead atoms. The first-order valence-corrected chi connectivity index (χ1v) is 6.83. The molecule has 1 N–H and O–H groups in total. The molecule has 1 aliphatic rings. The minimum atomic E-state index is -4.22. The Hall–Kier alpha value is -0.470. The molecule has 0 spiro atoms. The fourth-order valence-electron chi connectivity index (χ4n) is 1.71. The first kappa shape index (κ1) is 15.6. The van der Waals surface area contributed by atoms with Gasteiger partial charge in [0.2, 0.25) is 5.91 Å². The fourth-order valence-corrected chi connectivity index (χ4v) is 2.40. The Morgan fingerprint density at radius 3 is 2.33 bits per heavy atom. The number of halogens is 3. The molecule has 0 atom stereocenters. The maximum atomic E-state index is 11.9. The van der Waals surface area contributed by atoms with Gasteiger partial charge >= 0.3 is 6.18 Å². The second-order valence-corrected chi connectivity index (χ2v) is 5.04. The van der Waals surface area contributed by atoms with Gasteiger partial charge in [-0.25, -0.2) is 0 Å². The second kappa shape index (κ2) is 7.20. The van der Waals surface area contributed by atoms with Crippen molar-refractivity contribution >= 4 is 17.7 Å². The van der Waals surface area contributed by atoms with Gasteiger partial charge in [-0.05, 0) is 0 Å². The first-order chi connectivity index (χ1) is 8.42. The summed E-state index contributed by atoms with van der Waals surface area (Å²) in [6.45, 7) is 3.02. The molecule has 1 heterocycles. The van der Waals surface area contributed by atoms with E-state index in [4.69, 9.17) is 5.11 Å². The summed E-state index contributed by atoms with van der Waals surface area (Å²) in [7, 11) is 0. The van der Waals surface area contributed by atoms with Crippen molar-refractivity contribution in [2.45, 2.75) is 6.18 Å². The van der Waals surface area contributed by atoms with E-state index < -0.39 is 11.9 Å². The number of piperazine rings is 1. The summed E-state index contributed by atoms with van der Waals surface area (Å²) < 4.78 is 35.7. The van der Waals surface area contributed by atoms with Crippen molar-refractivity contribution in [3.63, 3.8) is 0 Å². The molecule has 4 nitrogen and oxygen atoms in total. The molecule has 0 aromatic heterocycles. The highest BCUT2D eigenvalue weighted by atomic mass is 32.2. The SMILES string of the molecule is O=C(CSCC(F)(F)F)N1CCN(CCO)CC1. The van der Waals surface area contributed by atoms with E-state index in [1.54, 1.807) is 4.90 Å². The third kappa shape index (κ3) is 5.92. The lowest BCUT2D eigenvalue weighted by molar-refractivity contribution is -0.130. The Labute approximate surface area is 108 Å². The molecule has 0 unspecified atom stereocenters. The summed E-state index contributed by atoms with van der Waals surface area (Å²) in [5.41, 5.74) is 0. The molecular weight excluding hydrogens is 269 g/mol. The molecule has 1 rings (SSSR count). The highest BCUT2D eigenvalue weighted by molar-refractivity contribution is 8.00. The van der Waals surface area contributed by atoms with Crippen LogP contribution in [0.15, 0.2) is 0 Å². The van der Waals surface area contributed by atoms with E-state index in [9.17, 15) is 18.0 Å². The van der Waals surface area contributed by atoms with E-state index in [1.807, 2.05) is 4.90 Å². The van der Waals surface area contributed by atoms with E-state index in [0.29, 0.717) is 44.5 Å². The number of hydrogen-bond acceptors (Lipinski definition) is 4. The van der Waals surface area contributed by atoms with Gasteiger partial charge in [0, 0.05) is 32.7 Å². The summed E-state index contributed by atoms with van der Waals surface area (Å²) in [5, 5.41) is 8.75. The molecule has 18 heavy (non-hydrogen) atoms. The number of amides is 1. The van der Waals surface area contributed by atoms with Crippen LogP contribution >= 0.6 is 11.8 Å². The van der Waals surface area contributed by atoms with Crippen molar-refractivity contribution in [3.8, 4) is 0 Å². The van der Waals surface area contributed by atoms with Crippen LogP contribution in [0, 0.1) is 0 Å². The summed E-state index contributed by atoms with van der Waals surface area (Å²) in [6.07, 6.45) is -4.22. The number of alkyl halides is 3. The number of aliphatic hydroxyl groups is 1. The first-order valence-electron chi connectivity index (χ1n) is 5.68. The lowest BCUT2D eigenvalue weighted by Gasteiger charge is -2.34. The molecule has 1 amide bonds. The maximum absolute atomic E-state index is 11.9. The smallest absolute Gasteiger partial charge is 0.395 e. The maximum Gasteiger partial charge on any atom is 0.397 e. The number of carbonyl (C=O) groups excluding carboxylic acids is 1. The van der Waals surface area contributed by atoms with Gasteiger partial charge in [0.1, 0.15) is 0 Å². The van der Waals surface area contributed by atoms with Crippen LogP contribution in [0.3, 0.4) is 0 Å². The van der Waals surface area contributed by atoms with E-state index in [-0.39, 0.29) is 18.3 Å². The van der Waals surface area contributed by atoms with Crippen molar-refractivity contribution in [2.24, 2.45) is 0 Å². The van der Waals surface area contributed by atoms with Crippen LogP contribution in [0.2, 0.25) is 0 Å². The summed E-state index contributed by atoms with van der Waals surface area (Å²) >= 11 is 0.603. The van der Waals surface area contributed by atoms with Crippen LogP contribution in [0.25, 0.3) is 0 Å². The average Bonchev–Trinajstić information content (AvgIpc) is 2.28. The van der Waals surface area contributed by atoms with Crippen LogP contribution in [-0.2, 0) is 4.79 Å². The number of nitrogens with zero attached hydrogens (tertiary/aromatic N) is 2. The van der Waals surface area contributed by atoms with Gasteiger partial charge in [-0.2, -0.15) is 13.2 Å². The van der Waals surface area contributed by atoms with Gasteiger partial charge in [-0.1, -0.05) is 0 Å². The lowest BCUT2D eigenvalue weighted by atomic mass is 10.3. The Kier molecular flexibility index (Phi) is 6.24. The van der Waals surface area contributed by atoms with Crippen LogP contribution in [0.5, 0.6) is 0 Å². The highest BCUT2D eigenvalue weighted by Crippen LogP contribution is 2.21. The van der Waals surface area contributed by atoms with Gasteiger partial charge in [0.25, 0.3) is 0 Å². The van der Waals surface area contributed by atoms with Crippen molar-refractivity contribution in [2.75, 3.05) is 50.8 Å². The summed E-state index contributed by atoms with van der Waals surface area (Å²) in [4.78, 5) is 15.2. The predicted molar refractivity (Wildman–Crippen MR) is 63.5 cm³/mol. The number of aliphatic hydroxyl groups excluding tert-OH is 1. The van der Waals surface area contributed by atoms with Gasteiger partial charge in [0.05, 0.1) is 18.1 Å². The molecule has 8 heteroatoms. The van der Waals surface area contributed by atoms with Crippen molar-refractivity contribution in [3.05, 3.63) is 0 Å². The summed E-state index contributed by atoms with van der Waals surface area (Å²) in [5.74, 6) is -1.35. The molecule has 0 aliphatic carbocycles. The normalized spacial score (nSPS) is 18.1. The van der Waals surface area contributed by atoms with Gasteiger partial charge in [0.15, 0.2) is 0 Å². The molecule has 0 saturated carbocycles. The summed E-state index contributed by atoms with van der Waals surface area (Å²) in [6, 6.07) is 0. The monoisotopic (exact) mass is 286 g/mol. The molecule has 0 radical (unpaired) electrons. The van der Waals surface area contributed by atoms with Crippen molar-refractivity contribution in [1.29, 1.82) is 0 Å². The molecular formula is C10H17F3N2O2S. The Morgan fingerprint density at radius 2 is 1.83 bits per heavy atom. The highest BCUT2D eigenvalue weighted by Gasteiger charge is 2.28. The standard InChI is InChI=1S/C10H17F3N2O2S/c11-10(12,13)8-18-7-9(17)15-3-1-14(2-4-15)5-6-16/h16H,1-8H2. The molecule has 1 aliphatic heterocycles. The largest absolute Gasteiger partial charge is 0.397 e. The third-order valence-electron chi connectivity index (χ3n) is 2.63. The van der Waals surface area contributed by atoms with Crippen molar-refractivity contribution < 1.29 is 23.1 Å². The third-order valence-corrected chi connectivity index (χ3v) is 3.62. The zero-order valence-electron chi connectivity index (χ0n) is 9.95. The minimum absolute atomic E-state index is 0.0788. The van der Waals surface area contributed by atoms with E-state index >= 15 is 0 Å². The Bertz CT molecular complexity index is 268. The van der Waals surface area contributed by atoms with E-state index in [2.05, 4.69) is 0 Å². The van der Waals surface area contributed by atoms with E-state index in [1.165, 1.54) is 0 Å². The van der Waals surface area contributed by atoms with Crippen molar-refractivity contribution in [1.82, 2.24) is 9.80 Å². The number of thioether (sulfide) groups is 1. The van der Waals surface area contributed by atoms with Crippen LogP contribution in [0.4, 0.5) is 13.2 Å². The molecule has 1 fully saturated rings. The van der Waals surface area contributed by atoms with Crippen LogP contribution < -0.4 is 0 Å². The second-order valence-electron chi connectivity index (χ2n) is 4.05. The average molecular weight is 286 g/mol. The minimum Gasteiger partial charge on any atom is -0.395 e. The van der Waals surface area contributed by atoms with Gasteiger partial charge in [-0.3, -0.25) is 9.69 Å². The zero-order valence-corrected chi connectivity index (χ0v) is 10.8. The van der Waals surface area contributed by atoms with Gasteiger partial charge < -0.3 is 10.0 Å². The van der Waals surface area contributed by atoms with Gasteiger partial charge in [-0.15, -0.1) is 11.8 Å². The Balaban J connectivity index is 2.20. The zero-order chi connectivity index (χ0) is 13.6. The van der Waals surface area contributed by atoms with E-state index in [0.717, 1.165) is 0 Å². The molecule has 106 valence electrons. The molecule has 1 saturated heterocycles. The number of hydrogen-bond donors (Lipinski definition) is 1. The fraction of sp³-hybridized carbons (Fsp3) is 0.900.